The fourth-order valence-electron chi connectivity index (χ4n) is 5.42. The molecular weight excluding hydrogens is 460 g/mol. The Hall–Kier alpha value is -3.60. The van der Waals surface area contributed by atoms with Gasteiger partial charge in [-0.2, -0.15) is 0 Å². The molecule has 0 spiro atoms. The predicted octanol–water partition coefficient (Wildman–Crippen LogP) is 6.19. The van der Waals surface area contributed by atoms with E-state index in [2.05, 4.69) is 84.9 Å². The van der Waals surface area contributed by atoms with E-state index in [0.29, 0.717) is 0 Å². The lowest BCUT2D eigenvalue weighted by Gasteiger charge is -2.34. The van der Waals surface area contributed by atoms with Gasteiger partial charge in [0.1, 0.15) is 24.7 Å². The lowest BCUT2D eigenvalue weighted by molar-refractivity contribution is 0.122. The molecule has 0 aliphatic heterocycles. The highest BCUT2D eigenvalue weighted by atomic mass is 16.5. The number of fused-ring (bicyclic) bond motifs is 3. The average Bonchev–Trinajstić information content (AvgIpc) is 3.19. The summed E-state index contributed by atoms with van der Waals surface area (Å²) in [5, 5.41) is 19.7. The molecule has 0 bridgehead atoms. The molecular formula is C33H34O4. The molecule has 4 nitrogen and oxygen atoms in total. The van der Waals surface area contributed by atoms with E-state index in [9.17, 15) is 10.2 Å². The zero-order valence-electron chi connectivity index (χ0n) is 21.9. The Labute approximate surface area is 219 Å². The molecule has 0 fully saturated rings. The minimum atomic E-state index is -0.597. The third-order valence-electron chi connectivity index (χ3n) is 7.15. The Morgan fingerprint density at radius 2 is 1.03 bits per heavy atom. The molecule has 5 rings (SSSR count). The maximum atomic E-state index is 9.86. The van der Waals surface area contributed by atoms with Gasteiger partial charge in [0.05, 0.1) is 17.6 Å². The summed E-state index contributed by atoms with van der Waals surface area (Å²) in [6.07, 6.45) is -1.12. The van der Waals surface area contributed by atoms with E-state index in [-0.39, 0.29) is 13.2 Å². The van der Waals surface area contributed by atoms with Crippen LogP contribution in [0, 0.1) is 13.8 Å². The van der Waals surface area contributed by atoms with Crippen molar-refractivity contribution in [1.82, 2.24) is 0 Å². The summed E-state index contributed by atoms with van der Waals surface area (Å²) in [5.74, 6) is 1.52. The molecule has 0 saturated heterocycles. The summed E-state index contributed by atoms with van der Waals surface area (Å²) < 4.78 is 12.1. The Balaban J connectivity index is 1.80. The smallest absolute Gasteiger partial charge is 0.122 e. The van der Waals surface area contributed by atoms with E-state index in [1.807, 2.05) is 13.8 Å². The zero-order chi connectivity index (χ0) is 26.2. The van der Waals surface area contributed by atoms with Crippen LogP contribution < -0.4 is 9.47 Å². The monoisotopic (exact) mass is 494 g/mol. The van der Waals surface area contributed by atoms with Crippen LogP contribution in [0.3, 0.4) is 0 Å². The van der Waals surface area contributed by atoms with E-state index in [1.54, 1.807) is 13.8 Å². The number of aliphatic hydroxyl groups excluding tert-OH is 2. The normalized spacial score (nSPS) is 15.0. The molecule has 190 valence electrons. The van der Waals surface area contributed by atoms with Crippen molar-refractivity contribution in [3.05, 3.63) is 118 Å². The first kappa shape index (κ1) is 25.1. The molecule has 2 unspecified atom stereocenters. The highest BCUT2D eigenvalue weighted by Crippen LogP contribution is 2.56. The highest BCUT2D eigenvalue weighted by molar-refractivity contribution is 5.86. The number of aryl methyl sites for hydroxylation is 2. The largest absolute Gasteiger partial charge is 0.491 e. The minimum absolute atomic E-state index is 0.229. The van der Waals surface area contributed by atoms with Crippen molar-refractivity contribution in [2.24, 2.45) is 0 Å². The Kier molecular flexibility index (Phi) is 6.80. The fraction of sp³-hybridized carbons (Fsp3) is 0.273. The van der Waals surface area contributed by atoms with Crippen LogP contribution in [0.25, 0.3) is 11.1 Å². The molecule has 0 amide bonds. The Morgan fingerprint density at radius 1 is 0.622 bits per heavy atom. The summed E-state index contributed by atoms with van der Waals surface area (Å²) in [5.41, 5.74) is 8.42. The predicted molar refractivity (Wildman–Crippen MR) is 148 cm³/mol. The highest BCUT2D eigenvalue weighted by Gasteiger charge is 2.46. The molecule has 4 aromatic rings. The van der Waals surface area contributed by atoms with Crippen LogP contribution in [-0.4, -0.2) is 35.6 Å². The molecule has 2 N–H and O–H groups in total. The number of ether oxygens (including phenoxy) is 2. The van der Waals surface area contributed by atoms with Crippen molar-refractivity contribution >= 4 is 0 Å². The van der Waals surface area contributed by atoms with Crippen LogP contribution in [0.4, 0.5) is 0 Å². The van der Waals surface area contributed by atoms with Crippen molar-refractivity contribution in [3.63, 3.8) is 0 Å². The van der Waals surface area contributed by atoms with Gasteiger partial charge in [-0.05, 0) is 84.3 Å². The standard InChI is InChI=1S/C33H34O4/c1-21-13-15-25(17-31(21)36-19-23(3)34)33(26-16-14-22(2)32(18-26)37-20-24(4)35)29-11-7-5-9-27(29)28-10-6-8-12-30(28)33/h5-18,23-24,34-35H,19-20H2,1-4H3. The molecule has 4 aromatic carbocycles. The maximum Gasteiger partial charge on any atom is 0.122 e. The second-order valence-corrected chi connectivity index (χ2v) is 10.1. The van der Waals surface area contributed by atoms with Gasteiger partial charge >= 0.3 is 0 Å². The number of aliphatic hydroxyl groups is 2. The van der Waals surface area contributed by atoms with Crippen LogP contribution in [0.2, 0.25) is 0 Å². The molecule has 2 atom stereocenters. The number of hydrogen-bond donors (Lipinski definition) is 2. The van der Waals surface area contributed by atoms with E-state index < -0.39 is 17.6 Å². The topological polar surface area (TPSA) is 58.9 Å². The molecule has 0 saturated carbocycles. The average molecular weight is 495 g/mol. The van der Waals surface area contributed by atoms with E-state index >= 15 is 0 Å². The van der Waals surface area contributed by atoms with Gasteiger partial charge in [-0.3, -0.25) is 0 Å². The first-order chi connectivity index (χ1) is 17.8. The second kappa shape index (κ2) is 10.0. The summed E-state index contributed by atoms with van der Waals surface area (Å²) in [7, 11) is 0. The van der Waals surface area contributed by atoms with Gasteiger partial charge in [0.25, 0.3) is 0 Å². The lowest BCUT2D eigenvalue weighted by atomic mass is 9.67. The van der Waals surface area contributed by atoms with Crippen molar-refractivity contribution in [3.8, 4) is 22.6 Å². The van der Waals surface area contributed by atoms with E-state index in [0.717, 1.165) is 33.8 Å². The van der Waals surface area contributed by atoms with Crippen LogP contribution in [0.1, 0.15) is 47.2 Å². The van der Waals surface area contributed by atoms with Crippen molar-refractivity contribution in [1.29, 1.82) is 0 Å². The molecule has 4 heteroatoms. The molecule has 0 radical (unpaired) electrons. The van der Waals surface area contributed by atoms with Gasteiger partial charge in [0.15, 0.2) is 0 Å². The SMILES string of the molecule is Cc1ccc(C2(c3ccc(C)c(OCC(C)O)c3)c3ccccc3-c3ccccc32)cc1OCC(C)O. The first-order valence-corrected chi connectivity index (χ1v) is 12.9. The van der Waals surface area contributed by atoms with E-state index in [1.165, 1.54) is 22.3 Å². The van der Waals surface area contributed by atoms with Crippen molar-refractivity contribution < 1.29 is 19.7 Å². The van der Waals surface area contributed by atoms with Crippen LogP contribution in [0.15, 0.2) is 84.9 Å². The van der Waals surface area contributed by atoms with Gasteiger partial charge in [-0.25, -0.2) is 0 Å². The summed E-state index contributed by atoms with van der Waals surface area (Å²) in [6, 6.07) is 29.9. The van der Waals surface area contributed by atoms with Crippen LogP contribution in [0.5, 0.6) is 11.5 Å². The number of benzene rings is 4. The van der Waals surface area contributed by atoms with Gasteiger partial charge < -0.3 is 19.7 Å². The number of hydrogen-bond acceptors (Lipinski definition) is 4. The first-order valence-electron chi connectivity index (χ1n) is 12.9. The second-order valence-electron chi connectivity index (χ2n) is 10.1. The number of rotatable bonds is 8. The Bertz CT molecular complexity index is 1310. The van der Waals surface area contributed by atoms with Gasteiger partial charge in [0.2, 0.25) is 0 Å². The van der Waals surface area contributed by atoms with E-state index in [4.69, 9.17) is 9.47 Å². The zero-order valence-corrected chi connectivity index (χ0v) is 21.9. The summed E-state index contributed by atoms with van der Waals surface area (Å²) >= 11 is 0. The minimum Gasteiger partial charge on any atom is -0.491 e. The third kappa shape index (κ3) is 4.41. The van der Waals surface area contributed by atoms with Gasteiger partial charge in [0, 0.05) is 0 Å². The maximum absolute atomic E-state index is 9.86. The molecule has 37 heavy (non-hydrogen) atoms. The van der Waals surface area contributed by atoms with Crippen LogP contribution >= 0.6 is 0 Å². The molecule has 0 heterocycles. The van der Waals surface area contributed by atoms with Gasteiger partial charge in [-0.1, -0.05) is 72.8 Å². The van der Waals surface area contributed by atoms with Crippen molar-refractivity contribution in [2.45, 2.75) is 45.3 Å². The van der Waals surface area contributed by atoms with Crippen LogP contribution in [-0.2, 0) is 5.41 Å². The third-order valence-corrected chi connectivity index (χ3v) is 7.15. The Morgan fingerprint density at radius 3 is 1.43 bits per heavy atom. The summed E-state index contributed by atoms with van der Waals surface area (Å²) in [4.78, 5) is 0. The molecule has 1 aliphatic carbocycles. The molecule has 1 aliphatic rings. The molecule has 0 aromatic heterocycles. The summed E-state index contributed by atoms with van der Waals surface area (Å²) in [6.45, 7) is 7.96. The van der Waals surface area contributed by atoms with Crippen molar-refractivity contribution in [2.75, 3.05) is 13.2 Å². The fourth-order valence-corrected chi connectivity index (χ4v) is 5.42. The lowest BCUT2D eigenvalue weighted by Crippen LogP contribution is -2.29. The van der Waals surface area contributed by atoms with Gasteiger partial charge in [-0.15, -0.1) is 0 Å². The quantitative estimate of drug-likeness (QED) is 0.270.